The molecular weight excluding hydrogens is 144 g/mol. The van der Waals surface area contributed by atoms with Gasteiger partial charge in [-0.3, -0.25) is 0 Å². The van der Waals surface area contributed by atoms with Gasteiger partial charge in [-0.25, -0.2) is 0 Å². The molecule has 0 aliphatic heterocycles. The Morgan fingerprint density at radius 1 is 1.00 bits per heavy atom. The number of hydrogen-bond donors (Lipinski definition) is 0. The third-order valence-electron chi connectivity index (χ3n) is 3.78. The molecule has 0 unspecified atom stereocenters. The van der Waals surface area contributed by atoms with Gasteiger partial charge in [-0.1, -0.05) is 46.5 Å². The van der Waals surface area contributed by atoms with Crippen LogP contribution >= 0.6 is 0 Å². The molecule has 1 saturated carbocycles. The molecule has 12 heavy (non-hydrogen) atoms. The Bertz CT molecular complexity index is 105. The predicted octanol–water partition coefficient (Wildman–Crippen LogP) is 4.25. The van der Waals surface area contributed by atoms with Crippen LogP contribution < -0.4 is 0 Å². The molecule has 0 bridgehead atoms. The summed E-state index contributed by atoms with van der Waals surface area (Å²) < 4.78 is 0. The van der Waals surface area contributed by atoms with E-state index in [2.05, 4.69) is 20.8 Å². The molecule has 0 spiro atoms. The molecule has 0 aromatic heterocycles. The van der Waals surface area contributed by atoms with E-state index in [1.54, 1.807) is 0 Å². The third-order valence-corrected chi connectivity index (χ3v) is 3.78. The Morgan fingerprint density at radius 3 is 1.92 bits per heavy atom. The molecule has 0 atom stereocenters. The highest BCUT2D eigenvalue weighted by Crippen LogP contribution is 2.35. The van der Waals surface area contributed by atoms with Crippen LogP contribution in [-0.4, -0.2) is 0 Å². The van der Waals surface area contributed by atoms with Crippen LogP contribution in [0, 0.1) is 17.8 Å². The van der Waals surface area contributed by atoms with Gasteiger partial charge in [0, 0.05) is 0 Å². The highest BCUT2D eigenvalue weighted by atomic mass is 14.3. The largest absolute Gasteiger partial charge is 0.0651 e. The van der Waals surface area contributed by atoms with Crippen molar-refractivity contribution < 1.29 is 0 Å². The van der Waals surface area contributed by atoms with Gasteiger partial charge in [0.2, 0.25) is 0 Å². The molecule has 0 radical (unpaired) electrons. The monoisotopic (exact) mass is 168 g/mol. The molecule has 0 aromatic carbocycles. The zero-order chi connectivity index (χ0) is 8.97. The highest BCUT2D eigenvalue weighted by molar-refractivity contribution is 4.74. The van der Waals surface area contributed by atoms with E-state index in [0.717, 1.165) is 17.8 Å². The van der Waals surface area contributed by atoms with E-state index >= 15 is 0 Å². The van der Waals surface area contributed by atoms with E-state index in [1.807, 2.05) is 0 Å². The Hall–Kier alpha value is 0. The van der Waals surface area contributed by atoms with E-state index in [1.165, 1.54) is 38.5 Å². The van der Waals surface area contributed by atoms with Crippen molar-refractivity contribution in [1.29, 1.82) is 0 Å². The molecule has 0 aromatic rings. The van der Waals surface area contributed by atoms with Crippen molar-refractivity contribution >= 4 is 0 Å². The lowest BCUT2D eigenvalue weighted by Crippen LogP contribution is -2.19. The predicted molar refractivity (Wildman–Crippen MR) is 55.2 cm³/mol. The summed E-state index contributed by atoms with van der Waals surface area (Å²) in [7, 11) is 0. The summed E-state index contributed by atoms with van der Waals surface area (Å²) in [5.41, 5.74) is 0. The zero-order valence-corrected chi connectivity index (χ0v) is 8.97. The Balaban J connectivity index is 2.32. The summed E-state index contributed by atoms with van der Waals surface area (Å²) in [4.78, 5) is 0. The second kappa shape index (κ2) is 4.89. The van der Waals surface area contributed by atoms with Crippen LogP contribution in [0.5, 0.6) is 0 Å². The van der Waals surface area contributed by atoms with Crippen LogP contribution in [0.4, 0.5) is 0 Å². The Morgan fingerprint density at radius 2 is 1.50 bits per heavy atom. The molecule has 0 saturated heterocycles. The molecule has 0 heteroatoms. The SMILES string of the molecule is CCC(CC)C1CCC(C)CC1. The number of rotatable bonds is 3. The average Bonchev–Trinajstić information content (AvgIpc) is 2.10. The molecule has 1 rings (SSSR count). The highest BCUT2D eigenvalue weighted by Gasteiger charge is 2.23. The van der Waals surface area contributed by atoms with Crippen molar-refractivity contribution in [2.75, 3.05) is 0 Å². The van der Waals surface area contributed by atoms with Crippen molar-refractivity contribution in [3.63, 3.8) is 0 Å². The maximum atomic E-state index is 2.41. The summed E-state index contributed by atoms with van der Waals surface area (Å²) in [5.74, 6) is 3.10. The Kier molecular flexibility index (Phi) is 4.11. The minimum absolute atomic E-state index is 1.01. The maximum Gasteiger partial charge on any atom is -0.0386 e. The van der Waals surface area contributed by atoms with Crippen molar-refractivity contribution in [3.8, 4) is 0 Å². The first kappa shape index (κ1) is 10.1. The molecule has 0 amide bonds. The first-order chi connectivity index (χ1) is 5.77. The van der Waals surface area contributed by atoms with Crippen molar-refractivity contribution in [3.05, 3.63) is 0 Å². The summed E-state index contributed by atoms with van der Waals surface area (Å²) in [5, 5.41) is 0. The van der Waals surface area contributed by atoms with Crippen LogP contribution in [0.2, 0.25) is 0 Å². The van der Waals surface area contributed by atoms with Crippen LogP contribution in [0.1, 0.15) is 59.3 Å². The van der Waals surface area contributed by atoms with Crippen molar-refractivity contribution in [1.82, 2.24) is 0 Å². The molecule has 1 aliphatic rings. The first-order valence-corrected chi connectivity index (χ1v) is 5.77. The van der Waals surface area contributed by atoms with Crippen LogP contribution in [0.25, 0.3) is 0 Å². The van der Waals surface area contributed by atoms with Gasteiger partial charge < -0.3 is 0 Å². The van der Waals surface area contributed by atoms with Crippen molar-refractivity contribution in [2.45, 2.75) is 59.3 Å². The molecule has 0 heterocycles. The van der Waals surface area contributed by atoms with E-state index in [0.29, 0.717) is 0 Å². The van der Waals surface area contributed by atoms with Gasteiger partial charge in [-0.15, -0.1) is 0 Å². The van der Waals surface area contributed by atoms with Gasteiger partial charge in [0.05, 0.1) is 0 Å². The van der Waals surface area contributed by atoms with Gasteiger partial charge in [-0.05, 0) is 30.6 Å². The molecule has 0 nitrogen and oxygen atoms in total. The fourth-order valence-electron chi connectivity index (χ4n) is 2.71. The zero-order valence-electron chi connectivity index (χ0n) is 8.97. The van der Waals surface area contributed by atoms with Crippen LogP contribution in [0.15, 0.2) is 0 Å². The smallest absolute Gasteiger partial charge is 0.0386 e. The van der Waals surface area contributed by atoms with Gasteiger partial charge in [0.25, 0.3) is 0 Å². The lowest BCUT2D eigenvalue weighted by atomic mass is 9.74. The summed E-state index contributed by atoms with van der Waals surface area (Å²) >= 11 is 0. The second-order valence-corrected chi connectivity index (χ2v) is 4.60. The molecular formula is C12H24. The summed E-state index contributed by atoms with van der Waals surface area (Å²) in [6.07, 6.45) is 8.79. The third kappa shape index (κ3) is 2.50. The lowest BCUT2D eigenvalue weighted by molar-refractivity contribution is 0.203. The van der Waals surface area contributed by atoms with Gasteiger partial charge >= 0.3 is 0 Å². The topological polar surface area (TPSA) is 0 Å². The maximum absolute atomic E-state index is 2.41. The average molecular weight is 168 g/mol. The summed E-state index contributed by atoms with van der Waals surface area (Å²) in [6.45, 7) is 7.11. The fourth-order valence-corrected chi connectivity index (χ4v) is 2.71. The number of hydrogen-bond acceptors (Lipinski definition) is 0. The molecule has 1 fully saturated rings. The molecule has 72 valence electrons. The van der Waals surface area contributed by atoms with Gasteiger partial charge in [0.1, 0.15) is 0 Å². The minimum atomic E-state index is 1.01. The first-order valence-electron chi connectivity index (χ1n) is 5.77. The summed E-state index contributed by atoms with van der Waals surface area (Å²) in [6, 6.07) is 0. The lowest BCUT2D eigenvalue weighted by Gasteiger charge is -2.31. The quantitative estimate of drug-likeness (QED) is 0.591. The van der Waals surface area contributed by atoms with Gasteiger partial charge in [0.15, 0.2) is 0 Å². The van der Waals surface area contributed by atoms with E-state index in [-0.39, 0.29) is 0 Å². The van der Waals surface area contributed by atoms with E-state index in [4.69, 9.17) is 0 Å². The Labute approximate surface area is 77.7 Å². The van der Waals surface area contributed by atoms with Crippen LogP contribution in [-0.2, 0) is 0 Å². The standard InChI is InChI=1S/C12H24/c1-4-11(5-2)12-8-6-10(3)7-9-12/h10-12H,4-9H2,1-3H3. The van der Waals surface area contributed by atoms with E-state index < -0.39 is 0 Å². The van der Waals surface area contributed by atoms with Crippen LogP contribution in [0.3, 0.4) is 0 Å². The second-order valence-electron chi connectivity index (χ2n) is 4.60. The molecule has 0 N–H and O–H groups in total. The van der Waals surface area contributed by atoms with E-state index in [9.17, 15) is 0 Å². The fraction of sp³-hybridized carbons (Fsp3) is 1.00. The van der Waals surface area contributed by atoms with Gasteiger partial charge in [-0.2, -0.15) is 0 Å². The van der Waals surface area contributed by atoms with Crippen molar-refractivity contribution in [2.24, 2.45) is 17.8 Å². The normalized spacial score (nSPS) is 31.0. The molecule has 1 aliphatic carbocycles. The minimum Gasteiger partial charge on any atom is -0.0651 e.